The molecule has 3 rings (SSSR count). The molecular weight excluding hydrogens is 497 g/mol. The summed E-state index contributed by atoms with van der Waals surface area (Å²) in [7, 11) is 1.50. The lowest BCUT2D eigenvalue weighted by Gasteiger charge is -2.13. The number of ether oxygens (including phenoxy) is 2. The maximum atomic E-state index is 13.0. The fraction of sp³-hybridized carbons (Fsp3) is 0.130. The molecule has 10 heteroatoms. The zero-order valence-corrected chi connectivity index (χ0v) is 19.0. The Hall–Kier alpha value is -3.79. The fourth-order valence-electron chi connectivity index (χ4n) is 2.83. The molecule has 0 saturated heterocycles. The van der Waals surface area contributed by atoms with E-state index in [1.807, 2.05) is 0 Å². The van der Waals surface area contributed by atoms with Crippen LogP contribution in [-0.4, -0.2) is 24.2 Å². The maximum Gasteiger partial charge on any atom is 0.269 e. The van der Waals surface area contributed by atoms with Gasteiger partial charge in [-0.2, -0.15) is 5.10 Å². The minimum absolute atomic E-state index is 0.0263. The van der Waals surface area contributed by atoms with Crippen LogP contribution < -0.4 is 14.9 Å². The number of amides is 1. The zero-order valence-electron chi connectivity index (χ0n) is 17.5. The third-order valence-corrected chi connectivity index (χ3v) is 5.05. The molecule has 170 valence electrons. The van der Waals surface area contributed by atoms with Crippen LogP contribution in [0, 0.1) is 15.9 Å². The van der Waals surface area contributed by atoms with Crippen LogP contribution in [0.2, 0.25) is 0 Å². The van der Waals surface area contributed by atoms with Gasteiger partial charge in [-0.15, -0.1) is 0 Å². The molecular formula is C23H19BrFN3O5. The number of methoxy groups -OCH3 is 1. The largest absolute Gasteiger partial charge is 0.493 e. The van der Waals surface area contributed by atoms with Crippen molar-refractivity contribution in [3.05, 3.63) is 97.8 Å². The van der Waals surface area contributed by atoms with Crippen molar-refractivity contribution < 1.29 is 23.6 Å². The Morgan fingerprint density at radius 1 is 1.15 bits per heavy atom. The molecule has 0 fully saturated rings. The number of nitrogens with zero attached hydrogens (tertiary/aromatic N) is 2. The molecule has 0 aromatic heterocycles. The number of hydrogen-bond donors (Lipinski definition) is 1. The summed E-state index contributed by atoms with van der Waals surface area (Å²) in [6, 6.07) is 15.2. The summed E-state index contributed by atoms with van der Waals surface area (Å²) >= 11 is 3.44. The molecule has 0 atom stereocenters. The number of nitrogens with one attached hydrogen (secondary N) is 1. The first kappa shape index (κ1) is 23.9. The van der Waals surface area contributed by atoms with Gasteiger partial charge in [-0.25, -0.2) is 9.82 Å². The van der Waals surface area contributed by atoms with E-state index in [9.17, 15) is 19.3 Å². The lowest BCUT2D eigenvalue weighted by atomic mass is 10.1. The number of rotatable bonds is 9. The van der Waals surface area contributed by atoms with Gasteiger partial charge in [-0.3, -0.25) is 14.9 Å². The SMILES string of the molecule is COc1cc(/C=N\NC(=O)Cc2ccc([N+](=O)[O-])cc2)cc(Br)c1OCc1ccc(F)cc1. The minimum Gasteiger partial charge on any atom is -0.493 e. The van der Waals surface area contributed by atoms with Crippen LogP contribution in [0.4, 0.5) is 10.1 Å². The molecule has 0 spiro atoms. The molecule has 8 nitrogen and oxygen atoms in total. The van der Waals surface area contributed by atoms with Crippen LogP contribution in [0.3, 0.4) is 0 Å². The monoisotopic (exact) mass is 515 g/mol. The molecule has 3 aromatic carbocycles. The quantitative estimate of drug-likeness (QED) is 0.251. The third-order valence-electron chi connectivity index (χ3n) is 4.46. The number of hydrazone groups is 1. The number of carbonyl (C=O) groups is 1. The summed E-state index contributed by atoms with van der Waals surface area (Å²) in [5, 5.41) is 14.6. The highest BCUT2D eigenvalue weighted by Gasteiger charge is 2.12. The van der Waals surface area contributed by atoms with Gasteiger partial charge in [-0.05, 0) is 56.9 Å². The smallest absolute Gasteiger partial charge is 0.269 e. The second kappa shape index (κ2) is 11.2. The second-order valence-electron chi connectivity index (χ2n) is 6.84. The molecule has 0 unspecified atom stereocenters. The van der Waals surface area contributed by atoms with Gasteiger partial charge in [0.25, 0.3) is 5.69 Å². The Bertz CT molecular complexity index is 1170. The number of nitro groups is 1. The standard InChI is InChI=1S/C23H19BrFN3O5/c1-32-21-11-17(10-20(24)23(21)33-14-16-2-6-18(25)7-3-16)13-26-27-22(29)12-15-4-8-19(9-5-15)28(30)31/h2-11,13H,12,14H2,1H3,(H,27,29)/b26-13-. The van der Waals surface area contributed by atoms with E-state index >= 15 is 0 Å². The number of carbonyl (C=O) groups excluding carboxylic acids is 1. The maximum absolute atomic E-state index is 13.0. The third kappa shape index (κ3) is 6.84. The predicted molar refractivity (Wildman–Crippen MR) is 124 cm³/mol. The lowest BCUT2D eigenvalue weighted by Crippen LogP contribution is -2.19. The van der Waals surface area contributed by atoms with Crippen molar-refractivity contribution in [3.63, 3.8) is 0 Å². The summed E-state index contributed by atoms with van der Waals surface area (Å²) in [5.74, 6) is 0.234. The summed E-state index contributed by atoms with van der Waals surface area (Å²) < 4.78 is 24.9. The van der Waals surface area contributed by atoms with Crippen LogP contribution in [0.15, 0.2) is 70.2 Å². The van der Waals surface area contributed by atoms with E-state index in [0.29, 0.717) is 27.1 Å². The van der Waals surface area contributed by atoms with E-state index < -0.39 is 4.92 Å². The Balaban J connectivity index is 1.60. The van der Waals surface area contributed by atoms with Crippen molar-refractivity contribution in [2.45, 2.75) is 13.0 Å². The van der Waals surface area contributed by atoms with Gasteiger partial charge < -0.3 is 9.47 Å². The highest BCUT2D eigenvalue weighted by atomic mass is 79.9. The van der Waals surface area contributed by atoms with Crippen LogP contribution in [0.5, 0.6) is 11.5 Å². The van der Waals surface area contributed by atoms with E-state index in [2.05, 4.69) is 26.5 Å². The first-order valence-electron chi connectivity index (χ1n) is 9.65. The molecule has 1 N–H and O–H groups in total. The highest BCUT2D eigenvalue weighted by Crippen LogP contribution is 2.36. The molecule has 0 bridgehead atoms. The van der Waals surface area contributed by atoms with Gasteiger partial charge >= 0.3 is 0 Å². The van der Waals surface area contributed by atoms with Crippen LogP contribution >= 0.6 is 15.9 Å². The fourth-order valence-corrected chi connectivity index (χ4v) is 3.40. The second-order valence-corrected chi connectivity index (χ2v) is 7.70. The normalized spacial score (nSPS) is 10.8. The Kier molecular flexibility index (Phi) is 8.09. The van der Waals surface area contributed by atoms with Gasteiger partial charge in [0.05, 0.1) is 29.1 Å². The van der Waals surface area contributed by atoms with Crippen LogP contribution in [0.25, 0.3) is 0 Å². The number of benzene rings is 3. The lowest BCUT2D eigenvalue weighted by molar-refractivity contribution is -0.384. The Morgan fingerprint density at radius 2 is 1.82 bits per heavy atom. The van der Waals surface area contributed by atoms with Gasteiger partial charge in [0.2, 0.25) is 5.91 Å². The average molecular weight is 516 g/mol. The minimum atomic E-state index is -0.500. The first-order chi connectivity index (χ1) is 15.9. The Morgan fingerprint density at radius 3 is 2.45 bits per heavy atom. The molecule has 0 saturated carbocycles. The van der Waals surface area contributed by atoms with Gasteiger partial charge in [-0.1, -0.05) is 24.3 Å². The molecule has 0 aliphatic heterocycles. The summed E-state index contributed by atoms with van der Waals surface area (Å²) in [6.45, 7) is 0.224. The van der Waals surface area contributed by atoms with Gasteiger partial charge in [0.1, 0.15) is 12.4 Å². The van der Waals surface area contributed by atoms with Crippen LogP contribution in [0.1, 0.15) is 16.7 Å². The van der Waals surface area contributed by atoms with Gasteiger partial charge in [0, 0.05) is 12.1 Å². The van der Waals surface area contributed by atoms with Crippen molar-refractivity contribution in [1.82, 2.24) is 5.43 Å². The van der Waals surface area contributed by atoms with Crippen molar-refractivity contribution in [3.8, 4) is 11.5 Å². The molecule has 0 aliphatic carbocycles. The van der Waals surface area contributed by atoms with E-state index in [1.165, 1.54) is 49.7 Å². The molecule has 33 heavy (non-hydrogen) atoms. The summed E-state index contributed by atoms with van der Waals surface area (Å²) in [4.78, 5) is 22.3. The van der Waals surface area contributed by atoms with Crippen LogP contribution in [-0.2, 0) is 17.8 Å². The summed E-state index contributed by atoms with van der Waals surface area (Å²) in [6.07, 6.45) is 1.48. The first-order valence-corrected chi connectivity index (χ1v) is 10.4. The highest BCUT2D eigenvalue weighted by molar-refractivity contribution is 9.10. The molecule has 3 aromatic rings. The summed E-state index contributed by atoms with van der Waals surface area (Å²) in [5.41, 5.74) is 4.44. The number of halogens is 2. The predicted octanol–water partition coefficient (Wildman–Crippen LogP) is 4.78. The zero-order chi connectivity index (χ0) is 23.8. The van der Waals surface area contributed by atoms with E-state index in [4.69, 9.17) is 9.47 Å². The molecule has 0 heterocycles. The number of non-ortho nitro benzene ring substituents is 1. The number of nitro benzene ring substituents is 1. The van der Waals surface area contributed by atoms with Gasteiger partial charge in [0.15, 0.2) is 11.5 Å². The molecule has 0 aliphatic rings. The van der Waals surface area contributed by atoms with Crippen molar-refractivity contribution in [2.75, 3.05) is 7.11 Å². The topological polar surface area (TPSA) is 103 Å². The van der Waals surface area contributed by atoms with E-state index in [1.54, 1.807) is 24.3 Å². The molecule has 1 amide bonds. The number of hydrogen-bond acceptors (Lipinski definition) is 6. The average Bonchev–Trinajstić information content (AvgIpc) is 2.79. The Labute approximate surface area is 197 Å². The van der Waals surface area contributed by atoms with Crippen molar-refractivity contribution >= 4 is 33.7 Å². The van der Waals surface area contributed by atoms with E-state index in [0.717, 1.165) is 5.56 Å². The van der Waals surface area contributed by atoms with Crippen molar-refractivity contribution in [1.29, 1.82) is 0 Å². The van der Waals surface area contributed by atoms with E-state index in [-0.39, 0.29) is 30.4 Å². The molecule has 0 radical (unpaired) electrons. The van der Waals surface area contributed by atoms with Crippen molar-refractivity contribution in [2.24, 2.45) is 5.10 Å².